The summed E-state index contributed by atoms with van der Waals surface area (Å²) in [6.45, 7) is 7.53. The Bertz CT molecular complexity index is 1040. The third-order valence-electron chi connectivity index (χ3n) is 6.80. The summed E-state index contributed by atoms with van der Waals surface area (Å²) in [7, 11) is 0. The van der Waals surface area contributed by atoms with Gasteiger partial charge >= 0.3 is 0 Å². The molecule has 1 unspecified atom stereocenters. The van der Waals surface area contributed by atoms with Gasteiger partial charge in [-0.25, -0.2) is 0 Å². The van der Waals surface area contributed by atoms with Crippen molar-refractivity contribution < 1.29 is 4.79 Å². The van der Waals surface area contributed by atoms with Gasteiger partial charge < -0.3 is 26.2 Å². The van der Waals surface area contributed by atoms with Gasteiger partial charge in [0.15, 0.2) is 0 Å². The van der Waals surface area contributed by atoms with E-state index in [2.05, 4.69) is 39.2 Å². The van der Waals surface area contributed by atoms with Gasteiger partial charge in [0.05, 0.1) is 5.82 Å². The van der Waals surface area contributed by atoms with Crippen molar-refractivity contribution in [2.45, 2.75) is 51.2 Å². The first kappa shape index (κ1) is 26.8. The minimum absolute atomic E-state index is 0.0849. The van der Waals surface area contributed by atoms with Crippen molar-refractivity contribution >= 4 is 29.1 Å². The second kappa shape index (κ2) is 13.3. The summed E-state index contributed by atoms with van der Waals surface area (Å²) in [4.78, 5) is 15.1. The Labute approximate surface area is 224 Å². The van der Waals surface area contributed by atoms with Crippen molar-refractivity contribution in [1.29, 1.82) is 0 Å². The molecule has 2 aliphatic heterocycles. The number of carbonyl (C=O) groups excluding carboxylic acids is 1. The van der Waals surface area contributed by atoms with Gasteiger partial charge in [0.1, 0.15) is 0 Å². The van der Waals surface area contributed by atoms with Crippen molar-refractivity contribution in [3.05, 3.63) is 81.1 Å². The first-order chi connectivity index (χ1) is 17.5. The molecule has 2 aromatic carbocycles. The maximum absolute atomic E-state index is 12.6. The molecule has 194 valence electrons. The highest BCUT2D eigenvalue weighted by atomic mass is 35.5. The Kier molecular flexibility index (Phi) is 9.93. The van der Waals surface area contributed by atoms with Crippen LogP contribution in [0.2, 0.25) is 10.0 Å². The van der Waals surface area contributed by atoms with Crippen LogP contribution in [0, 0.1) is 0 Å². The van der Waals surface area contributed by atoms with Crippen molar-refractivity contribution in [3.63, 3.8) is 0 Å². The number of hydrogen-bond acceptors (Lipinski definition) is 5. The van der Waals surface area contributed by atoms with Crippen LogP contribution in [-0.4, -0.2) is 55.6 Å². The number of piperidine rings is 1. The molecular formula is C28H37Cl2N5O. The quantitative estimate of drug-likeness (QED) is 0.389. The third kappa shape index (κ3) is 7.87. The number of carbonyl (C=O) groups is 1. The number of benzene rings is 2. The van der Waals surface area contributed by atoms with Crippen molar-refractivity contribution in [1.82, 2.24) is 26.2 Å². The third-order valence-corrected chi connectivity index (χ3v) is 7.39. The van der Waals surface area contributed by atoms with Gasteiger partial charge in [-0.1, -0.05) is 47.8 Å². The monoisotopic (exact) mass is 529 g/mol. The Hall–Kier alpha value is -2.25. The van der Waals surface area contributed by atoms with E-state index in [0.717, 1.165) is 37.3 Å². The predicted molar refractivity (Wildman–Crippen MR) is 149 cm³/mol. The van der Waals surface area contributed by atoms with Crippen LogP contribution in [0.15, 0.2) is 54.4 Å². The number of nitrogens with one attached hydrogen (secondary N) is 4. The predicted octanol–water partition coefficient (Wildman–Crippen LogP) is 4.33. The van der Waals surface area contributed by atoms with Gasteiger partial charge in [-0.15, -0.1) is 0 Å². The van der Waals surface area contributed by atoms with E-state index in [1.54, 1.807) is 6.07 Å². The summed E-state index contributed by atoms with van der Waals surface area (Å²) in [6.07, 6.45) is 6.73. The van der Waals surface area contributed by atoms with Gasteiger partial charge in [0.2, 0.25) is 0 Å². The van der Waals surface area contributed by atoms with E-state index in [1.807, 2.05) is 36.4 Å². The van der Waals surface area contributed by atoms with Gasteiger partial charge in [0.25, 0.3) is 5.91 Å². The smallest absolute Gasteiger partial charge is 0.251 e. The highest BCUT2D eigenvalue weighted by Crippen LogP contribution is 2.21. The molecule has 2 aliphatic rings. The fraction of sp³-hybridized carbons (Fsp3) is 0.464. The van der Waals surface area contributed by atoms with Crippen LogP contribution in [0.1, 0.15) is 47.7 Å². The maximum Gasteiger partial charge on any atom is 0.251 e. The zero-order chi connectivity index (χ0) is 25.3. The zero-order valence-electron chi connectivity index (χ0n) is 21.0. The Morgan fingerprint density at radius 1 is 1.08 bits per heavy atom. The fourth-order valence-corrected chi connectivity index (χ4v) is 5.25. The van der Waals surface area contributed by atoms with E-state index >= 15 is 0 Å². The van der Waals surface area contributed by atoms with Gasteiger partial charge in [-0.2, -0.15) is 0 Å². The topological polar surface area (TPSA) is 68.4 Å². The summed E-state index contributed by atoms with van der Waals surface area (Å²) in [5, 5.41) is 15.1. The molecule has 4 rings (SSSR count). The molecule has 8 heteroatoms. The highest BCUT2D eigenvalue weighted by molar-refractivity contribution is 6.35. The Morgan fingerprint density at radius 2 is 1.92 bits per heavy atom. The number of piperazine rings is 1. The van der Waals surface area contributed by atoms with Crippen molar-refractivity contribution in [3.8, 4) is 0 Å². The van der Waals surface area contributed by atoms with Crippen LogP contribution >= 0.6 is 23.2 Å². The van der Waals surface area contributed by atoms with Gasteiger partial charge in [-0.05, 0) is 74.2 Å². The van der Waals surface area contributed by atoms with Crippen LogP contribution in [0.4, 0.5) is 0 Å². The molecule has 1 amide bonds. The summed E-state index contributed by atoms with van der Waals surface area (Å²) in [5.41, 5.74) is 2.76. The van der Waals surface area contributed by atoms with Crippen molar-refractivity contribution in [2.75, 3.05) is 32.7 Å². The molecule has 0 aromatic heterocycles. The molecule has 0 spiro atoms. The normalized spacial score (nSPS) is 20.8. The molecule has 0 bridgehead atoms. The number of amides is 1. The summed E-state index contributed by atoms with van der Waals surface area (Å²) in [6, 6.07) is 14.1. The molecule has 0 saturated carbocycles. The van der Waals surface area contributed by atoms with Gasteiger partial charge in [0, 0.05) is 60.4 Å². The number of halogens is 2. The van der Waals surface area contributed by atoms with E-state index in [9.17, 15) is 4.79 Å². The van der Waals surface area contributed by atoms with E-state index in [-0.39, 0.29) is 5.91 Å². The minimum Gasteiger partial charge on any atom is -0.368 e. The lowest BCUT2D eigenvalue weighted by molar-refractivity contribution is 0.0954. The second-order valence-electron chi connectivity index (χ2n) is 9.70. The molecule has 4 N–H and O–H groups in total. The van der Waals surface area contributed by atoms with E-state index in [0.29, 0.717) is 47.2 Å². The molecule has 6 nitrogen and oxygen atoms in total. The molecular weight excluding hydrogens is 493 g/mol. The van der Waals surface area contributed by atoms with Crippen molar-refractivity contribution in [2.24, 2.45) is 0 Å². The molecule has 2 saturated heterocycles. The molecule has 2 atom stereocenters. The number of hydrogen-bond donors (Lipinski definition) is 4. The number of nitrogens with zero attached hydrogens (tertiary/aromatic N) is 1. The Balaban J connectivity index is 1.31. The second-order valence-corrected chi connectivity index (χ2v) is 10.5. The fourth-order valence-electron chi connectivity index (χ4n) is 4.74. The van der Waals surface area contributed by atoms with Crippen LogP contribution in [-0.2, 0) is 13.0 Å². The maximum atomic E-state index is 12.6. The zero-order valence-corrected chi connectivity index (χ0v) is 22.5. The summed E-state index contributed by atoms with van der Waals surface area (Å²) >= 11 is 12.2. The van der Waals surface area contributed by atoms with E-state index in [4.69, 9.17) is 23.2 Å². The van der Waals surface area contributed by atoms with E-state index in [1.165, 1.54) is 25.1 Å². The lowest BCUT2D eigenvalue weighted by atomic mass is 10.0. The van der Waals surface area contributed by atoms with E-state index < -0.39 is 0 Å². The molecule has 36 heavy (non-hydrogen) atoms. The molecule has 2 aromatic rings. The SMILES string of the molecule is C[C@H]1CN(/C(=C/C2CCCCN2)NCc2ccc(C(=O)NCCc3ccc(Cl)cc3Cl)cc2)CCN1. The first-order valence-electron chi connectivity index (χ1n) is 13.0. The summed E-state index contributed by atoms with van der Waals surface area (Å²) in [5.74, 6) is 1.11. The first-order valence-corrected chi connectivity index (χ1v) is 13.7. The molecule has 0 aliphatic carbocycles. The van der Waals surface area contributed by atoms with Crippen LogP contribution in [0.3, 0.4) is 0 Å². The lowest BCUT2D eigenvalue weighted by Gasteiger charge is -2.36. The van der Waals surface area contributed by atoms with Gasteiger partial charge in [-0.3, -0.25) is 4.79 Å². The van der Waals surface area contributed by atoms with Crippen LogP contribution < -0.4 is 21.3 Å². The molecule has 2 fully saturated rings. The van der Waals surface area contributed by atoms with Crippen LogP contribution in [0.25, 0.3) is 0 Å². The summed E-state index contributed by atoms with van der Waals surface area (Å²) < 4.78 is 0. The lowest BCUT2D eigenvalue weighted by Crippen LogP contribution is -2.51. The molecule has 2 heterocycles. The number of rotatable bonds is 9. The standard InChI is InChI=1S/C28H37Cl2N5O/c1-20-19-35(15-14-31-20)27(17-25-4-2-3-12-32-25)34-18-21-5-7-23(8-6-21)28(36)33-13-11-22-9-10-24(29)16-26(22)30/h5-10,16-17,20,25,31-32,34H,2-4,11-15,18-19H2,1H3,(H,33,36)/b27-17+/t20-,25?/m0/s1. The highest BCUT2D eigenvalue weighted by Gasteiger charge is 2.20. The largest absolute Gasteiger partial charge is 0.368 e. The molecule has 0 radical (unpaired) electrons. The van der Waals surface area contributed by atoms with Crippen LogP contribution in [0.5, 0.6) is 0 Å². The average molecular weight is 531 g/mol. The Morgan fingerprint density at radius 3 is 2.64 bits per heavy atom. The average Bonchev–Trinajstić information content (AvgIpc) is 2.88. The minimum atomic E-state index is -0.0849.